The molecule has 3 aromatic rings. The Morgan fingerprint density at radius 1 is 1.50 bits per heavy atom. The highest BCUT2D eigenvalue weighted by Crippen LogP contribution is 2.28. The van der Waals surface area contributed by atoms with Gasteiger partial charge in [-0.1, -0.05) is 6.07 Å². The van der Waals surface area contributed by atoms with Crippen LogP contribution < -0.4 is 20.5 Å². The molecule has 0 amide bonds. The van der Waals surface area contributed by atoms with Crippen molar-refractivity contribution >= 4 is 22.4 Å². The van der Waals surface area contributed by atoms with Gasteiger partial charge in [-0.2, -0.15) is 0 Å². The number of methoxy groups -OCH3 is 1. The summed E-state index contributed by atoms with van der Waals surface area (Å²) in [6.07, 6.45) is 4.50. The Labute approximate surface area is 185 Å². The van der Waals surface area contributed by atoms with Crippen molar-refractivity contribution in [2.45, 2.75) is 38.5 Å². The lowest BCUT2D eigenvalue weighted by atomic mass is 10.1. The molecule has 0 radical (unpaired) electrons. The van der Waals surface area contributed by atoms with Crippen LogP contribution in [-0.2, 0) is 6.54 Å². The molecule has 4 N–H and O–H groups in total. The van der Waals surface area contributed by atoms with Gasteiger partial charge in [0.05, 0.1) is 24.9 Å². The van der Waals surface area contributed by atoms with E-state index in [1.807, 2.05) is 30.5 Å². The van der Waals surface area contributed by atoms with E-state index in [-0.39, 0.29) is 25.0 Å². The summed E-state index contributed by atoms with van der Waals surface area (Å²) in [5, 5.41) is 24.0. The number of hydrogen-bond donors (Lipinski definition) is 3. The van der Waals surface area contributed by atoms with Crippen LogP contribution in [0, 0.1) is 10.1 Å². The van der Waals surface area contributed by atoms with Crippen molar-refractivity contribution in [1.82, 2.24) is 14.5 Å². The Morgan fingerprint density at radius 2 is 2.31 bits per heavy atom. The number of imidazole rings is 1. The van der Waals surface area contributed by atoms with Gasteiger partial charge in [0.1, 0.15) is 24.7 Å². The molecular formula is C21H28N6O5. The number of nitrogens with one attached hydrogen (secondary N) is 1. The molecule has 11 nitrogen and oxygen atoms in total. The van der Waals surface area contributed by atoms with Crippen LogP contribution >= 0.6 is 0 Å². The number of ether oxygens (including phenoxy) is 2. The summed E-state index contributed by atoms with van der Waals surface area (Å²) in [5.74, 6) is 0.582. The lowest BCUT2D eigenvalue weighted by Crippen LogP contribution is -2.29. The van der Waals surface area contributed by atoms with E-state index < -0.39 is 11.0 Å². The molecule has 2 unspecified atom stereocenters. The molecule has 1 aromatic carbocycles. The zero-order chi connectivity index (χ0) is 23.1. The predicted octanol–water partition coefficient (Wildman–Crippen LogP) is 2.33. The van der Waals surface area contributed by atoms with E-state index in [1.54, 1.807) is 7.11 Å². The minimum absolute atomic E-state index is 0.133. The number of rotatable bonds is 7. The molecular weight excluding hydrogens is 416 g/mol. The van der Waals surface area contributed by atoms with E-state index in [9.17, 15) is 10.1 Å². The van der Waals surface area contributed by atoms with E-state index in [2.05, 4.69) is 22.2 Å². The van der Waals surface area contributed by atoms with Crippen molar-refractivity contribution in [3.8, 4) is 11.8 Å². The fourth-order valence-corrected chi connectivity index (χ4v) is 3.32. The molecule has 4 rings (SSSR count). The number of aliphatic hydroxyl groups is 1. The Bertz CT molecular complexity index is 1060. The average molecular weight is 444 g/mol. The molecule has 2 aromatic heterocycles. The first-order valence-electron chi connectivity index (χ1n) is 10.3. The molecule has 0 saturated carbocycles. The molecule has 3 heterocycles. The monoisotopic (exact) mass is 444 g/mol. The SMILES string of the molecule is COc1cc(NC(C)CCCN)c2ncccc2c1.O=[N+]([O-])c1cn2c(n1)OCC(O)C2. The summed E-state index contributed by atoms with van der Waals surface area (Å²) in [6, 6.07) is 8.52. The van der Waals surface area contributed by atoms with Crippen LogP contribution in [0.2, 0.25) is 0 Å². The maximum Gasteiger partial charge on any atom is 0.414 e. The molecule has 0 bridgehead atoms. The highest BCUT2D eigenvalue weighted by atomic mass is 16.6. The second kappa shape index (κ2) is 10.7. The zero-order valence-corrected chi connectivity index (χ0v) is 18.1. The van der Waals surface area contributed by atoms with Crippen LogP contribution in [0.25, 0.3) is 10.9 Å². The van der Waals surface area contributed by atoms with Crippen molar-refractivity contribution in [2.75, 3.05) is 25.6 Å². The van der Waals surface area contributed by atoms with Crippen LogP contribution in [0.3, 0.4) is 0 Å². The lowest BCUT2D eigenvalue weighted by molar-refractivity contribution is -0.389. The van der Waals surface area contributed by atoms with Crippen molar-refractivity contribution in [3.05, 3.63) is 46.8 Å². The number of nitrogens with zero attached hydrogens (tertiary/aromatic N) is 4. The van der Waals surface area contributed by atoms with Crippen molar-refractivity contribution in [3.63, 3.8) is 0 Å². The molecule has 0 fully saturated rings. The number of nitrogens with two attached hydrogens (primary N) is 1. The first-order chi connectivity index (χ1) is 15.4. The topological polar surface area (TPSA) is 151 Å². The molecule has 2 atom stereocenters. The summed E-state index contributed by atoms with van der Waals surface area (Å²) in [6.45, 7) is 3.30. The molecule has 0 spiro atoms. The van der Waals surface area contributed by atoms with Crippen molar-refractivity contribution in [1.29, 1.82) is 0 Å². The van der Waals surface area contributed by atoms with Gasteiger partial charge in [-0.05, 0) is 43.4 Å². The van der Waals surface area contributed by atoms with Gasteiger partial charge in [0.15, 0.2) is 0 Å². The second-order valence-electron chi connectivity index (χ2n) is 7.48. The Hall–Kier alpha value is -3.44. The third-order valence-electron chi connectivity index (χ3n) is 4.88. The fraction of sp³-hybridized carbons (Fsp3) is 0.429. The third kappa shape index (κ3) is 5.83. The Morgan fingerprint density at radius 3 is 3.03 bits per heavy atom. The van der Waals surface area contributed by atoms with Crippen LogP contribution in [0.5, 0.6) is 11.8 Å². The van der Waals surface area contributed by atoms with Crippen LogP contribution in [-0.4, -0.2) is 57.0 Å². The molecule has 32 heavy (non-hydrogen) atoms. The maximum absolute atomic E-state index is 10.3. The maximum atomic E-state index is 10.3. The zero-order valence-electron chi connectivity index (χ0n) is 18.1. The van der Waals surface area contributed by atoms with Gasteiger partial charge in [0.2, 0.25) is 0 Å². The van der Waals surface area contributed by atoms with Crippen LogP contribution in [0.4, 0.5) is 11.5 Å². The first-order valence-corrected chi connectivity index (χ1v) is 10.3. The molecule has 1 aliphatic heterocycles. The Kier molecular flexibility index (Phi) is 7.79. The highest BCUT2D eigenvalue weighted by molar-refractivity contribution is 5.91. The van der Waals surface area contributed by atoms with E-state index in [0.29, 0.717) is 6.04 Å². The number of fused-ring (bicyclic) bond motifs is 2. The van der Waals surface area contributed by atoms with Crippen molar-refractivity contribution in [2.24, 2.45) is 5.73 Å². The van der Waals surface area contributed by atoms with E-state index in [1.165, 1.54) is 10.8 Å². The van der Waals surface area contributed by atoms with E-state index in [4.69, 9.17) is 20.3 Å². The molecule has 172 valence electrons. The van der Waals surface area contributed by atoms with Crippen LogP contribution in [0.1, 0.15) is 19.8 Å². The fourth-order valence-electron chi connectivity index (χ4n) is 3.32. The molecule has 0 aliphatic carbocycles. The predicted molar refractivity (Wildman–Crippen MR) is 120 cm³/mol. The summed E-state index contributed by atoms with van der Waals surface area (Å²) >= 11 is 0. The largest absolute Gasteiger partial charge is 0.497 e. The first kappa shape index (κ1) is 23.2. The number of benzene rings is 1. The number of aromatic nitrogens is 3. The second-order valence-corrected chi connectivity index (χ2v) is 7.48. The number of aliphatic hydroxyl groups excluding tert-OH is 1. The smallest absolute Gasteiger partial charge is 0.414 e. The Balaban J connectivity index is 0.000000193. The van der Waals surface area contributed by atoms with Gasteiger partial charge in [-0.15, -0.1) is 0 Å². The number of nitro groups is 1. The number of hydrogen-bond acceptors (Lipinski definition) is 9. The summed E-state index contributed by atoms with van der Waals surface area (Å²) in [7, 11) is 1.68. The molecule has 1 aliphatic rings. The summed E-state index contributed by atoms with van der Waals surface area (Å²) in [4.78, 5) is 17.8. The highest BCUT2D eigenvalue weighted by Gasteiger charge is 2.26. The summed E-state index contributed by atoms with van der Waals surface area (Å²) in [5.41, 5.74) is 7.53. The van der Waals surface area contributed by atoms with Gasteiger partial charge < -0.3 is 35.7 Å². The van der Waals surface area contributed by atoms with Gasteiger partial charge in [0.25, 0.3) is 0 Å². The van der Waals surface area contributed by atoms with Gasteiger partial charge >= 0.3 is 11.8 Å². The lowest BCUT2D eigenvalue weighted by Gasteiger charge is -2.17. The van der Waals surface area contributed by atoms with E-state index in [0.717, 1.165) is 41.7 Å². The summed E-state index contributed by atoms with van der Waals surface area (Å²) < 4.78 is 11.7. The van der Waals surface area contributed by atoms with Gasteiger partial charge in [-0.25, -0.2) is 0 Å². The minimum atomic E-state index is -0.624. The average Bonchev–Trinajstić information content (AvgIpc) is 3.21. The standard InChI is InChI=1S/C15H21N3O.C6H7N3O4/c1-11(5-3-7-16)18-14-10-13(19-2)9-12-6-4-8-17-15(12)14;10-4-1-8-2-5(9(11)12)7-6(8)13-3-4/h4,6,8-11,18H,3,5,7,16H2,1-2H3;2,4,10H,1,3H2. The quantitative estimate of drug-likeness (QED) is 0.368. The molecule has 11 heteroatoms. The third-order valence-corrected chi connectivity index (χ3v) is 4.88. The number of anilines is 1. The van der Waals surface area contributed by atoms with Crippen LogP contribution in [0.15, 0.2) is 36.7 Å². The molecule has 0 saturated heterocycles. The van der Waals surface area contributed by atoms with E-state index >= 15 is 0 Å². The number of pyridine rings is 1. The van der Waals surface area contributed by atoms with Gasteiger partial charge in [0, 0.05) is 28.7 Å². The normalized spacial score (nSPS) is 15.7. The minimum Gasteiger partial charge on any atom is -0.497 e. The van der Waals surface area contributed by atoms with Gasteiger partial charge in [-0.3, -0.25) is 9.55 Å². The van der Waals surface area contributed by atoms with Crippen molar-refractivity contribution < 1.29 is 19.5 Å².